The molecule has 1 aliphatic rings. The molecule has 1 aliphatic heterocycles. The summed E-state index contributed by atoms with van der Waals surface area (Å²) in [5.41, 5.74) is 1.27. The molecule has 0 spiro atoms. The van der Waals surface area contributed by atoms with E-state index in [2.05, 4.69) is 41.6 Å². The van der Waals surface area contributed by atoms with Crippen molar-refractivity contribution in [2.24, 2.45) is 0 Å². The van der Waals surface area contributed by atoms with Gasteiger partial charge in [0, 0.05) is 25.3 Å². The molecule has 2 rings (SSSR count). The van der Waals surface area contributed by atoms with Crippen LogP contribution in [0.4, 0.5) is 0 Å². The Morgan fingerprint density at radius 1 is 1.24 bits per heavy atom. The molecule has 0 atom stereocenters. The molecule has 1 saturated heterocycles. The minimum atomic E-state index is 0.619. The number of hydrogen-bond donors (Lipinski definition) is 0. The van der Waals surface area contributed by atoms with Gasteiger partial charge < -0.3 is 4.90 Å². The maximum Gasteiger partial charge on any atom is 0.0543 e. The topological polar surface area (TPSA) is 21.1 Å². The van der Waals surface area contributed by atoms with E-state index in [0.717, 1.165) is 0 Å². The van der Waals surface area contributed by atoms with Gasteiger partial charge in [0.2, 0.25) is 0 Å². The van der Waals surface area contributed by atoms with E-state index in [-0.39, 0.29) is 0 Å². The summed E-state index contributed by atoms with van der Waals surface area (Å²) in [6.07, 6.45) is 6.59. The van der Waals surface area contributed by atoms with Gasteiger partial charge in [-0.2, -0.15) is 5.10 Å². The van der Waals surface area contributed by atoms with E-state index in [9.17, 15) is 0 Å². The van der Waals surface area contributed by atoms with Crippen LogP contribution in [-0.2, 0) is 0 Å². The number of aromatic nitrogens is 2. The maximum atomic E-state index is 4.41. The molecule has 98 valence electrons. The Kier molecular flexibility index (Phi) is 5.69. The van der Waals surface area contributed by atoms with E-state index in [1.807, 2.05) is 20.0 Å². The highest BCUT2D eigenvalue weighted by Gasteiger charge is 2.22. The van der Waals surface area contributed by atoms with E-state index in [4.69, 9.17) is 0 Å². The molecular formula is C14H27N3. The second-order valence-corrected chi connectivity index (χ2v) is 4.86. The number of nitrogens with zero attached hydrogens (tertiary/aromatic N) is 3. The van der Waals surface area contributed by atoms with Crippen LogP contribution in [0.5, 0.6) is 0 Å². The molecule has 0 unspecified atom stereocenters. The summed E-state index contributed by atoms with van der Waals surface area (Å²) in [5.74, 6) is 0. The Morgan fingerprint density at radius 3 is 2.24 bits per heavy atom. The second-order valence-electron chi connectivity index (χ2n) is 4.86. The third-order valence-corrected chi connectivity index (χ3v) is 3.33. The average molecular weight is 237 g/mol. The number of hydrogen-bond acceptors (Lipinski definition) is 2. The Bertz CT molecular complexity index is 309. The zero-order valence-electron chi connectivity index (χ0n) is 12.0. The van der Waals surface area contributed by atoms with Crippen LogP contribution in [0.15, 0.2) is 12.4 Å². The molecule has 3 nitrogen and oxygen atoms in total. The van der Waals surface area contributed by atoms with Crippen molar-refractivity contribution in [1.29, 1.82) is 0 Å². The first kappa shape index (κ1) is 14.2. The SMILES string of the molecule is CC.Cc1cnn(C2CCN(C(C)C)CC2)c1. The molecule has 1 aromatic heterocycles. The number of rotatable bonds is 2. The Labute approximate surface area is 106 Å². The molecule has 0 amide bonds. The van der Waals surface area contributed by atoms with Crippen LogP contribution in [0.3, 0.4) is 0 Å². The van der Waals surface area contributed by atoms with Crippen LogP contribution in [0, 0.1) is 6.92 Å². The molecule has 0 aromatic carbocycles. The lowest BCUT2D eigenvalue weighted by molar-refractivity contribution is 0.147. The minimum absolute atomic E-state index is 0.619. The molecule has 0 aliphatic carbocycles. The normalized spacial score (nSPS) is 18.0. The third-order valence-electron chi connectivity index (χ3n) is 3.33. The molecule has 1 fully saturated rings. The first-order valence-electron chi connectivity index (χ1n) is 6.91. The number of aryl methyl sites for hydroxylation is 1. The summed E-state index contributed by atoms with van der Waals surface area (Å²) >= 11 is 0. The molecule has 0 N–H and O–H groups in total. The van der Waals surface area contributed by atoms with Crippen molar-refractivity contribution in [2.75, 3.05) is 13.1 Å². The van der Waals surface area contributed by atoms with Gasteiger partial charge in [-0.1, -0.05) is 13.8 Å². The number of likely N-dealkylation sites (tertiary alicyclic amines) is 1. The summed E-state index contributed by atoms with van der Waals surface area (Å²) in [5, 5.41) is 4.41. The van der Waals surface area contributed by atoms with Gasteiger partial charge in [-0.15, -0.1) is 0 Å². The van der Waals surface area contributed by atoms with Crippen molar-refractivity contribution in [1.82, 2.24) is 14.7 Å². The summed E-state index contributed by atoms with van der Waals surface area (Å²) in [6.45, 7) is 13.1. The van der Waals surface area contributed by atoms with Crippen LogP contribution in [0.2, 0.25) is 0 Å². The van der Waals surface area contributed by atoms with Crippen LogP contribution >= 0.6 is 0 Å². The molecule has 1 aromatic rings. The lowest BCUT2D eigenvalue weighted by atomic mass is 10.0. The first-order valence-corrected chi connectivity index (χ1v) is 6.91. The fourth-order valence-electron chi connectivity index (χ4n) is 2.30. The third kappa shape index (κ3) is 3.84. The van der Waals surface area contributed by atoms with Crippen molar-refractivity contribution in [3.05, 3.63) is 18.0 Å². The Morgan fingerprint density at radius 2 is 1.82 bits per heavy atom. The highest BCUT2D eigenvalue weighted by Crippen LogP contribution is 2.22. The predicted octanol–water partition coefficient (Wildman–Crippen LogP) is 3.26. The second kappa shape index (κ2) is 6.80. The van der Waals surface area contributed by atoms with Gasteiger partial charge >= 0.3 is 0 Å². The zero-order valence-corrected chi connectivity index (χ0v) is 12.0. The van der Waals surface area contributed by atoms with Crippen LogP contribution in [0.25, 0.3) is 0 Å². The van der Waals surface area contributed by atoms with Gasteiger partial charge in [-0.25, -0.2) is 0 Å². The van der Waals surface area contributed by atoms with E-state index in [1.165, 1.54) is 31.5 Å². The smallest absolute Gasteiger partial charge is 0.0543 e. The maximum absolute atomic E-state index is 4.41. The van der Waals surface area contributed by atoms with Crippen LogP contribution in [0.1, 0.15) is 52.1 Å². The lowest BCUT2D eigenvalue weighted by Crippen LogP contribution is -2.39. The van der Waals surface area contributed by atoms with Gasteiger partial charge in [-0.3, -0.25) is 4.68 Å². The zero-order chi connectivity index (χ0) is 12.8. The summed E-state index contributed by atoms with van der Waals surface area (Å²) in [7, 11) is 0. The van der Waals surface area contributed by atoms with Crippen LogP contribution in [-0.4, -0.2) is 33.8 Å². The van der Waals surface area contributed by atoms with Crippen molar-refractivity contribution < 1.29 is 0 Å². The van der Waals surface area contributed by atoms with E-state index in [1.54, 1.807) is 0 Å². The molecule has 0 radical (unpaired) electrons. The molecule has 0 bridgehead atoms. The van der Waals surface area contributed by atoms with Crippen molar-refractivity contribution in [3.8, 4) is 0 Å². The molecule has 2 heterocycles. The summed E-state index contributed by atoms with van der Waals surface area (Å²) in [6, 6.07) is 1.30. The lowest BCUT2D eigenvalue weighted by Gasteiger charge is -2.34. The Hall–Kier alpha value is -0.830. The predicted molar refractivity (Wildman–Crippen MR) is 73.3 cm³/mol. The molecular weight excluding hydrogens is 210 g/mol. The monoisotopic (exact) mass is 237 g/mol. The van der Waals surface area contributed by atoms with Crippen molar-refractivity contribution in [2.45, 2.75) is 59.5 Å². The first-order chi connectivity index (χ1) is 8.16. The van der Waals surface area contributed by atoms with Gasteiger partial charge in [-0.05, 0) is 39.2 Å². The largest absolute Gasteiger partial charge is 0.301 e. The van der Waals surface area contributed by atoms with Gasteiger partial charge in [0.05, 0.1) is 12.2 Å². The van der Waals surface area contributed by atoms with Crippen LogP contribution < -0.4 is 0 Å². The molecule has 3 heteroatoms. The van der Waals surface area contributed by atoms with E-state index in [0.29, 0.717) is 12.1 Å². The quantitative estimate of drug-likeness (QED) is 0.787. The summed E-state index contributed by atoms with van der Waals surface area (Å²) in [4.78, 5) is 2.55. The van der Waals surface area contributed by atoms with Crippen molar-refractivity contribution >= 4 is 0 Å². The van der Waals surface area contributed by atoms with Crippen molar-refractivity contribution in [3.63, 3.8) is 0 Å². The molecule has 17 heavy (non-hydrogen) atoms. The minimum Gasteiger partial charge on any atom is -0.301 e. The Balaban J connectivity index is 0.000000686. The number of piperidine rings is 1. The standard InChI is InChI=1S/C12H21N3.C2H6/c1-10(2)14-6-4-12(5-7-14)15-9-11(3)8-13-15;1-2/h8-10,12H,4-7H2,1-3H3;1-2H3. The van der Waals surface area contributed by atoms with Gasteiger partial charge in [0.15, 0.2) is 0 Å². The molecule has 0 saturated carbocycles. The highest BCUT2D eigenvalue weighted by molar-refractivity contribution is 5.00. The fraction of sp³-hybridized carbons (Fsp3) is 0.786. The highest BCUT2D eigenvalue weighted by atomic mass is 15.3. The van der Waals surface area contributed by atoms with Gasteiger partial charge in [0.1, 0.15) is 0 Å². The summed E-state index contributed by atoms with van der Waals surface area (Å²) < 4.78 is 2.15. The fourth-order valence-corrected chi connectivity index (χ4v) is 2.30. The average Bonchev–Trinajstić information content (AvgIpc) is 2.79. The van der Waals surface area contributed by atoms with E-state index >= 15 is 0 Å². The van der Waals surface area contributed by atoms with Gasteiger partial charge in [0.25, 0.3) is 0 Å². The van der Waals surface area contributed by atoms with E-state index < -0.39 is 0 Å².